The minimum absolute atomic E-state index is 0.113. The van der Waals surface area contributed by atoms with E-state index in [2.05, 4.69) is 59.1 Å². The molecule has 4 aromatic rings. The topological polar surface area (TPSA) is 41.5 Å². The molecule has 4 aromatic carbocycles. The molecule has 0 fully saturated rings. The van der Waals surface area contributed by atoms with Crippen molar-refractivity contribution in [3.63, 3.8) is 0 Å². The lowest BCUT2D eigenvalue weighted by atomic mass is 10.0. The molecule has 30 heavy (non-hydrogen) atoms. The van der Waals surface area contributed by atoms with E-state index >= 15 is 0 Å². The first-order valence-electron chi connectivity index (χ1n) is 10.2. The predicted octanol–water partition coefficient (Wildman–Crippen LogP) is 5.98. The summed E-state index contributed by atoms with van der Waals surface area (Å²) >= 11 is 0. The first-order valence-corrected chi connectivity index (χ1v) is 10.2. The number of nitrogens with one attached hydrogen (secondary N) is 1. The maximum Gasteiger partial charge on any atom is 0.244 e. The SMILES string of the molecule is CC/C(=N\NC(=O)Cc1cccc2ccccc12)c1ccc(-c2ccccc2)cc1. The van der Waals surface area contributed by atoms with Gasteiger partial charge >= 0.3 is 0 Å². The summed E-state index contributed by atoms with van der Waals surface area (Å²) in [6, 6.07) is 32.7. The fourth-order valence-corrected chi connectivity index (χ4v) is 3.62. The first-order chi connectivity index (χ1) is 14.7. The highest BCUT2D eigenvalue weighted by atomic mass is 16.2. The van der Waals surface area contributed by atoms with Crippen molar-refractivity contribution in [3.8, 4) is 11.1 Å². The third-order valence-corrected chi connectivity index (χ3v) is 5.21. The summed E-state index contributed by atoms with van der Waals surface area (Å²) in [7, 11) is 0. The quantitative estimate of drug-likeness (QED) is 0.318. The van der Waals surface area contributed by atoms with E-state index in [0.717, 1.165) is 39.6 Å². The molecule has 0 bridgehead atoms. The Balaban J connectivity index is 1.47. The molecule has 0 spiro atoms. The van der Waals surface area contributed by atoms with Gasteiger partial charge in [0.15, 0.2) is 0 Å². The molecule has 0 saturated heterocycles. The van der Waals surface area contributed by atoms with E-state index in [4.69, 9.17) is 0 Å². The van der Waals surface area contributed by atoms with Crippen LogP contribution in [-0.2, 0) is 11.2 Å². The number of fused-ring (bicyclic) bond motifs is 1. The molecule has 0 heterocycles. The Morgan fingerprint density at radius 1 is 0.767 bits per heavy atom. The lowest BCUT2D eigenvalue weighted by Gasteiger charge is -2.08. The highest BCUT2D eigenvalue weighted by Gasteiger charge is 2.08. The van der Waals surface area contributed by atoms with Gasteiger partial charge < -0.3 is 0 Å². The zero-order chi connectivity index (χ0) is 20.8. The third-order valence-electron chi connectivity index (χ3n) is 5.21. The van der Waals surface area contributed by atoms with Crippen LogP contribution in [0.2, 0.25) is 0 Å². The van der Waals surface area contributed by atoms with Crippen LogP contribution in [0.15, 0.2) is 102 Å². The molecule has 148 valence electrons. The van der Waals surface area contributed by atoms with Gasteiger partial charge in [-0.25, -0.2) is 5.43 Å². The van der Waals surface area contributed by atoms with Crippen molar-refractivity contribution in [2.24, 2.45) is 5.10 Å². The molecular formula is C27H24N2O. The molecule has 0 aromatic heterocycles. The first kappa shape index (κ1) is 19.6. The van der Waals surface area contributed by atoms with E-state index in [9.17, 15) is 4.79 Å². The average Bonchev–Trinajstić information content (AvgIpc) is 2.81. The highest BCUT2D eigenvalue weighted by molar-refractivity contribution is 6.01. The number of carbonyl (C=O) groups excluding carboxylic acids is 1. The zero-order valence-electron chi connectivity index (χ0n) is 17.0. The van der Waals surface area contributed by atoms with Crippen LogP contribution in [0.1, 0.15) is 24.5 Å². The van der Waals surface area contributed by atoms with Gasteiger partial charge in [-0.05, 0) is 39.4 Å². The van der Waals surface area contributed by atoms with Gasteiger partial charge in [-0.3, -0.25) is 4.79 Å². The number of hydrazone groups is 1. The van der Waals surface area contributed by atoms with Crippen molar-refractivity contribution in [2.75, 3.05) is 0 Å². The maximum atomic E-state index is 12.5. The molecule has 0 unspecified atom stereocenters. The predicted molar refractivity (Wildman–Crippen MR) is 125 cm³/mol. The number of nitrogens with zero attached hydrogens (tertiary/aromatic N) is 1. The molecule has 4 rings (SSSR count). The largest absolute Gasteiger partial charge is 0.273 e. The van der Waals surface area contributed by atoms with E-state index in [0.29, 0.717) is 6.42 Å². The highest BCUT2D eigenvalue weighted by Crippen LogP contribution is 2.20. The van der Waals surface area contributed by atoms with Crippen LogP contribution in [0.4, 0.5) is 0 Å². The molecule has 3 nitrogen and oxygen atoms in total. The number of benzene rings is 4. The van der Waals surface area contributed by atoms with Gasteiger partial charge in [0.05, 0.1) is 12.1 Å². The van der Waals surface area contributed by atoms with Gasteiger partial charge in [-0.1, -0.05) is 104 Å². The maximum absolute atomic E-state index is 12.5. The standard InChI is InChI=1S/C27H24N2O/c1-2-26(23-17-15-21(16-18-23)20-9-4-3-5-10-20)28-29-27(30)19-24-13-8-12-22-11-6-7-14-25(22)24/h3-18H,2,19H2,1H3,(H,29,30)/b28-26+. The number of hydrogen-bond donors (Lipinski definition) is 1. The van der Waals surface area contributed by atoms with Gasteiger partial charge in [-0.15, -0.1) is 0 Å². The van der Waals surface area contributed by atoms with E-state index in [1.54, 1.807) is 0 Å². The van der Waals surface area contributed by atoms with Crippen LogP contribution >= 0.6 is 0 Å². The minimum Gasteiger partial charge on any atom is -0.273 e. The summed E-state index contributed by atoms with van der Waals surface area (Å²) in [6.07, 6.45) is 1.04. The second-order valence-electron chi connectivity index (χ2n) is 7.21. The molecule has 0 atom stereocenters. The summed E-state index contributed by atoms with van der Waals surface area (Å²) in [4.78, 5) is 12.5. The number of carbonyl (C=O) groups is 1. The molecule has 0 aliphatic heterocycles. The van der Waals surface area contributed by atoms with Gasteiger partial charge in [0, 0.05) is 0 Å². The Morgan fingerprint density at radius 3 is 2.20 bits per heavy atom. The fourth-order valence-electron chi connectivity index (χ4n) is 3.62. The molecule has 1 amide bonds. The minimum atomic E-state index is -0.113. The number of hydrogen-bond acceptors (Lipinski definition) is 2. The molecule has 1 N–H and O–H groups in total. The van der Waals surface area contributed by atoms with Crippen molar-refractivity contribution < 1.29 is 4.79 Å². The second-order valence-corrected chi connectivity index (χ2v) is 7.21. The van der Waals surface area contributed by atoms with Crippen LogP contribution < -0.4 is 5.43 Å². The van der Waals surface area contributed by atoms with Gasteiger partial charge in [0.1, 0.15) is 0 Å². The normalized spacial score (nSPS) is 11.4. The molecule has 0 aliphatic rings. The van der Waals surface area contributed by atoms with Crippen molar-refractivity contribution >= 4 is 22.4 Å². The molecule has 0 saturated carbocycles. The summed E-state index contributed by atoms with van der Waals surface area (Å²) in [5.41, 5.74) is 7.97. The van der Waals surface area contributed by atoms with Gasteiger partial charge in [0.25, 0.3) is 0 Å². The smallest absolute Gasteiger partial charge is 0.244 e. The fraction of sp³-hybridized carbons (Fsp3) is 0.111. The summed E-state index contributed by atoms with van der Waals surface area (Å²) < 4.78 is 0. The number of rotatable bonds is 6. The molecule has 0 aliphatic carbocycles. The lowest BCUT2D eigenvalue weighted by molar-refractivity contribution is -0.120. The average molecular weight is 393 g/mol. The van der Waals surface area contributed by atoms with Crippen molar-refractivity contribution in [2.45, 2.75) is 19.8 Å². The second kappa shape index (κ2) is 9.19. The van der Waals surface area contributed by atoms with E-state index in [1.165, 1.54) is 5.56 Å². The van der Waals surface area contributed by atoms with Crippen LogP contribution in [-0.4, -0.2) is 11.6 Å². The Hall–Kier alpha value is -3.72. The Kier molecular flexibility index (Phi) is 6.00. The summed E-state index contributed by atoms with van der Waals surface area (Å²) in [5.74, 6) is -0.113. The van der Waals surface area contributed by atoms with E-state index < -0.39 is 0 Å². The monoisotopic (exact) mass is 392 g/mol. The summed E-state index contributed by atoms with van der Waals surface area (Å²) in [6.45, 7) is 2.04. The lowest BCUT2D eigenvalue weighted by Crippen LogP contribution is -2.22. The van der Waals surface area contributed by atoms with Crippen LogP contribution in [0.25, 0.3) is 21.9 Å². The molecule has 3 heteroatoms. The zero-order valence-corrected chi connectivity index (χ0v) is 17.0. The van der Waals surface area contributed by atoms with Gasteiger partial charge in [-0.2, -0.15) is 5.10 Å². The van der Waals surface area contributed by atoms with Crippen LogP contribution in [0.3, 0.4) is 0 Å². The third kappa shape index (κ3) is 4.47. The van der Waals surface area contributed by atoms with Crippen molar-refractivity contribution in [1.29, 1.82) is 0 Å². The van der Waals surface area contributed by atoms with E-state index in [1.807, 2.05) is 55.5 Å². The Morgan fingerprint density at radius 2 is 1.43 bits per heavy atom. The Labute approximate surface area is 177 Å². The van der Waals surface area contributed by atoms with Crippen LogP contribution in [0, 0.1) is 0 Å². The van der Waals surface area contributed by atoms with Crippen LogP contribution in [0.5, 0.6) is 0 Å². The Bertz CT molecular complexity index is 1170. The van der Waals surface area contributed by atoms with Crippen molar-refractivity contribution in [3.05, 3.63) is 108 Å². The van der Waals surface area contributed by atoms with Gasteiger partial charge in [0.2, 0.25) is 5.91 Å². The molecule has 0 radical (unpaired) electrons. The number of amides is 1. The summed E-state index contributed by atoms with van der Waals surface area (Å²) in [5, 5.41) is 6.65. The van der Waals surface area contributed by atoms with Crippen molar-refractivity contribution in [1.82, 2.24) is 5.43 Å². The van der Waals surface area contributed by atoms with E-state index in [-0.39, 0.29) is 5.91 Å². The molecular weight excluding hydrogens is 368 g/mol.